The van der Waals surface area contributed by atoms with Gasteiger partial charge in [-0.3, -0.25) is 15.1 Å². The Balaban J connectivity index is 1.85. The summed E-state index contributed by atoms with van der Waals surface area (Å²) in [5.74, 6) is 0.476. The van der Waals surface area contributed by atoms with Crippen LogP contribution >= 0.6 is 0 Å². The Morgan fingerprint density at radius 3 is 2.70 bits per heavy atom. The van der Waals surface area contributed by atoms with E-state index in [0.717, 1.165) is 16.8 Å². The molecule has 0 fully saturated rings. The molecule has 0 spiro atoms. The van der Waals surface area contributed by atoms with Gasteiger partial charge in [0.25, 0.3) is 5.56 Å². The molecule has 4 rings (SSSR count). The number of nitrogens with zero attached hydrogens (tertiary/aromatic N) is 5. The Labute approximate surface area is 171 Å². The van der Waals surface area contributed by atoms with Crippen LogP contribution in [0.4, 0.5) is 10.6 Å². The summed E-state index contributed by atoms with van der Waals surface area (Å²) >= 11 is 0. The summed E-state index contributed by atoms with van der Waals surface area (Å²) in [7, 11) is 0. The molecule has 0 unspecified atom stereocenters. The highest BCUT2D eigenvalue weighted by Gasteiger charge is 2.17. The van der Waals surface area contributed by atoms with Gasteiger partial charge in [0.05, 0.1) is 24.2 Å². The second-order valence-electron chi connectivity index (χ2n) is 6.88. The van der Waals surface area contributed by atoms with Crippen molar-refractivity contribution in [3.8, 4) is 11.6 Å². The van der Waals surface area contributed by atoms with Crippen LogP contribution in [0.15, 0.2) is 35.3 Å². The molecular weight excluding hydrogens is 386 g/mol. The fourth-order valence-electron chi connectivity index (χ4n) is 3.08. The van der Waals surface area contributed by atoms with E-state index in [1.165, 1.54) is 10.9 Å². The number of carbonyl (C=O) groups excluding carboxylic acids is 1. The van der Waals surface area contributed by atoms with E-state index in [1.54, 1.807) is 24.6 Å². The number of ether oxygens (including phenoxy) is 1. The minimum absolute atomic E-state index is 0.151. The highest BCUT2D eigenvalue weighted by Crippen LogP contribution is 2.19. The number of rotatable bonds is 4. The van der Waals surface area contributed by atoms with Crippen LogP contribution in [-0.4, -0.2) is 42.2 Å². The van der Waals surface area contributed by atoms with Crippen LogP contribution in [0.25, 0.3) is 22.7 Å². The number of fused-ring (bicyclic) bond motifs is 1. The maximum atomic E-state index is 12.7. The van der Waals surface area contributed by atoms with E-state index in [0.29, 0.717) is 22.5 Å². The highest BCUT2D eigenvalue weighted by atomic mass is 16.5. The third-order valence-corrected chi connectivity index (χ3v) is 4.70. The Morgan fingerprint density at radius 1 is 1.17 bits per heavy atom. The number of hydrogen-bond donors (Lipinski definition) is 2. The molecule has 30 heavy (non-hydrogen) atoms. The number of benzene rings is 1. The lowest BCUT2D eigenvalue weighted by Gasteiger charge is -2.09. The first-order valence-corrected chi connectivity index (χ1v) is 9.44. The van der Waals surface area contributed by atoms with Crippen molar-refractivity contribution >= 4 is 22.9 Å². The summed E-state index contributed by atoms with van der Waals surface area (Å²) in [5, 5.41) is 11.6. The van der Waals surface area contributed by atoms with Crippen LogP contribution in [0.3, 0.4) is 0 Å². The third kappa shape index (κ3) is 3.43. The number of hydrogen-bond acceptors (Lipinski definition) is 6. The zero-order valence-corrected chi connectivity index (χ0v) is 17.1. The van der Waals surface area contributed by atoms with Gasteiger partial charge in [-0.2, -0.15) is 19.9 Å². The predicted octanol–water partition coefficient (Wildman–Crippen LogP) is 2.79. The number of H-pyrrole nitrogens is 1. The van der Waals surface area contributed by atoms with Crippen molar-refractivity contribution in [1.82, 2.24) is 29.5 Å². The molecule has 4 aromatic rings. The van der Waals surface area contributed by atoms with Gasteiger partial charge in [0.2, 0.25) is 5.95 Å². The van der Waals surface area contributed by atoms with Gasteiger partial charge in [0, 0.05) is 6.07 Å². The third-order valence-electron chi connectivity index (χ3n) is 4.70. The van der Waals surface area contributed by atoms with E-state index in [-0.39, 0.29) is 18.1 Å². The zero-order valence-electron chi connectivity index (χ0n) is 17.1. The lowest BCUT2D eigenvalue weighted by atomic mass is 10.1. The molecule has 2 N–H and O–H groups in total. The summed E-state index contributed by atoms with van der Waals surface area (Å²) in [6, 6.07) is 7.55. The second kappa shape index (κ2) is 7.47. The number of anilines is 1. The van der Waals surface area contributed by atoms with Gasteiger partial charge in [-0.1, -0.05) is 6.07 Å². The van der Waals surface area contributed by atoms with Gasteiger partial charge >= 0.3 is 6.09 Å². The highest BCUT2D eigenvalue weighted by molar-refractivity contribution is 5.84. The van der Waals surface area contributed by atoms with Crippen molar-refractivity contribution in [1.29, 1.82) is 0 Å². The molecular formula is C20H21N7O3. The topological polar surface area (TPSA) is 120 Å². The van der Waals surface area contributed by atoms with Crippen molar-refractivity contribution in [2.24, 2.45) is 0 Å². The summed E-state index contributed by atoms with van der Waals surface area (Å²) in [6.45, 7) is 7.75. The summed E-state index contributed by atoms with van der Waals surface area (Å²) < 4.78 is 7.89. The molecule has 0 atom stereocenters. The van der Waals surface area contributed by atoms with Crippen LogP contribution < -0.4 is 10.9 Å². The molecule has 0 aliphatic carbocycles. The van der Waals surface area contributed by atoms with E-state index >= 15 is 0 Å². The van der Waals surface area contributed by atoms with E-state index in [2.05, 4.69) is 25.5 Å². The van der Waals surface area contributed by atoms with E-state index in [9.17, 15) is 9.59 Å². The van der Waals surface area contributed by atoms with Gasteiger partial charge in [-0.15, -0.1) is 0 Å². The summed E-state index contributed by atoms with van der Waals surface area (Å²) in [4.78, 5) is 31.8. The lowest BCUT2D eigenvalue weighted by Crippen LogP contribution is -2.19. The van der Waals surface area contributed by atoms with Gasteiger partial charge in [-0.25, -0.2) is 9.48 Å². The molecule has 0 radical (unpaired) electrons. The predicted molar refractivity (Wildman–Crippen MR) is 111 cm³/mol. The number of amides is 1. The van der Waals surface area contributed by atoms with Gasteiger partial charge in [0.15, 0.2) is 5.65 Å². The number of aryl methyl sites for hydroxylation is 3. The number of nitrogens with one attached hydrogen (secondary N) is 2. The molecule has 0 bridgehead atoms. The van der Waals surface area contributed by atoms with Crippen LogP contribution in [0.1, 0.15) is 23.7 Å². The molecule has 0 aliphatic heterocycles. The van der Waals surface area contributed by atoms with Crippen LogP contribution in [0, 0.1) is 20.8 Å². The van der Waals surface area contributed by atoms with Crippen molar-refractivity contribution in [2.45, 2.75) is 27.7 Å². The van der Waals surface area contributed by atoms with Crippen molar-refractivity contribution < 1.29 is 9.53 Å². The first-order chi connectivity index (χ1) is 14.4. The largest absolute Gasteiger partial charge is 0.450 e. The maximum Gasteiger partial charge on any atom is 0.412 e. The van der Waals surface area contributed by atoms with Crippen molar-refractivity contribution in [3.63, 3.8) is 0 Å². The smallest absolute Gasteiger partial charge is 0.412 e. The molecule has 1 amide bonds. The molecule has 10 heteroatoms. The Kier molecular flexibility index (Phi) is 4.82. The molecule has 10 nitrogen and oxygen atoms in total. The van der Waals surface area contributed by atoms with E-state index in [4.69, 9.17) is 4.74 Å². The number of carbonyl (C=O) groups is 1. The second-order valence-corrected chi connectivity index (χ2v) is 6.88. The van der Waals surface area contributed by atoms with Crippen LogP contribution in [0.2, 0.25) is 0 Å². The normalized spacial score (nSPS) is 11.1. The Bertz CT molecular complexity index is 1320. The van der Waals surface area contributed by atoms with Gasteiger partial charge in [0.1, 0.15) is 11.2 Å². The molecule has 3 heterocycles. The SMILES string of the molecule is CCOC(=O)Nc1cc(C)nn1-c1nc2c(cnn2-c2ccc(C)c(C)c2)c(=O)[nH]1. The van der Waals surface area contributed by atoms with E-state index in [1.807, 2.05) is 32.0 Å². The van der Waals surface area contributed by atoms with Gasteiger partial charge < -0.3 is 4.74 Å². The standard InChI is InChI=1S/C20H21N7O3/c1-5-30-20(29)22-16-9-13(4)25-27(16)19-23-17-15(18(28)24-19)10-21-26(17)14-7-6-11(2)12(3)8-14/h6-10H,5H2,1-4H3,(H,22,29)(H,23,24,28). The zero-order chi connectivity index (χ0) is 21.4. The lowest BCUT2D eigenvalue weighted by molar-refractivity contribution is 0.167. The Morgan fingerprint density at radius 2 is 1.97 bits per heavy atom. The molecule has 0 saturated carbocycles. The van der Waals surface area contributed by atoms with Crippen LogP contribution in [-0.2, 0) is 4.74 Å². The fourth-order valence-corrected chi connectivity index (χ4v) is 3.08. The summed E-state index contributed by atoms with van der Waals surface area (Å²) in [6.07, 6.45) is 0.856. The number of aromatic nitrogens is 6. The minimum atomic E-state index is -0.623. The monoisotopic (exact) mass is 407 g/mol. The number of aromatic amines is 1. The first kappa shape index (κ1) is 19.4. The molecule has 0 saturated heterocycles. The minimum Gasteiger partial charge on any atom is -0.450 e. The van der Waals surface area contributed by atoms with Crippen LogP contribution in [0.5, 0.6) is 0 Å². The molecule has 154 valence electrons. The van der Waals surface area contributed by atoms with E-state index < -0.39 is 6.09 Å². The maximum absolute atomic E-state index is 12.7. The van der Waals surface area contributed by atoms with Gasteiger partial charge in [-0.05, 0) is 51.0 Å². The first-order valence-electron chi connectivity index (χ1n) is 9.44. The Hall–Kier alpha value is -3.95. The average molecular weight is 407 g/mol. The quantitative estimate of drug-likeness (QED) is 0.537. The summed E-state index contributed by atoms with van der Waals surface area (Å²) in [5.41, 5.74) is 3.70. The van der Waals surface area contributed by atoms with Crippen molar-refractivity contribution in [3.05, 3.63) is 57.6 Å². The van der Waals surface area contributed by atoms with Crippen molar-refractivity contribution in [2.75, 3.05) is 11.9 Å². The molecule has 3 aromatic heterocycles. The fraction of sp³-hybridized carbons (Fsp3) is 0.250. The molecule has 1 aromatic carbocycles. The molecule has 0 aliphatic rings. The average Bonchev–Trinajstić information content (AvgIpc) is 3.28.